The highest BCUT2D eigenvalue weighted by Crippen LogP contribution is 2.30. The maximum absolute atomic E-state index is 12.7. The smallest absolute Gasteiger partial charge is 0.426 e. The lowest BCUT2D eigenvalue weighted by atomic mass is 9.82. The fourth-order valence-corrected chi connectivity index (χ4v) is 6.38. The summed E-state index contributed by atoms with van der Waals surface area (Å²) in [4.78, 5) is 21.4. The number of hydrazine groups is 1. The molecule has 216 valence electrons. The fourth-order valence-electron chi connectivity index (χ4n) is 4.53. The highest BCUT2D eigenvalue weighted by molar-refractivity contribution is 7.89. The number of rotatable bonds is 9. The Labute approximate surface area is 244 Å². The van der Waals surface area contributed by atoms with E-state index in [1.165, 1.54) is 18.2 Å². The second-order valence-corrected chi connectivity index (χ2v) is 13.5. The molecule has 2 aromatic carbocycles. The molecule has 4 rings (SSSR count). The molecule has 0 radical (unpaired) electrons. The van der Waals surface area contributed by atoms with Gasteiger partial charge in [-0.3, -0.25) is 5.43 Å². The molecular formula is C27H34Cl2N6O4S. The van der Waals surface area contributed by atoms with Crippen molar-refractivity contribution < 1.29 is 17.9 Å². The van der Waals surface area contributed by atoms with E-state index in [-0.39, 0.29) is 20.9 Å². The number of carbonyl (C=O) groups is 1. The molecule has 13 heteroatoms. The van der Waals surface area contributed by atoms with Gasteiger partial charge in [0, 0.05) is 28.5 Å². The van der Waals surface area contributed by atoms with E-state index in [9.17, 15) is 13.2 Å². The van der Waals surface area contributed by atoms with Crippen molar-refractivity contribution in [2.45, 2.75) is 57.0 Å². The summed E-state index contributed by atoms with van der Waals surface area (Å²) in [5.41, 5.74) is 5.49. The summed E-state index contributed by atoms with van der Waals surface area (Å²) in [5, 5.41) is 4.64. The Bertz CT molecular complexity index is 1440. The summed E-state index contributed by atoms with van der Waals surface area (Å²) < 4.78 is 33.3. The van der Waals surface area contributed by atoms with Crippen LogP contribution in [0.2, 0.25) is 10.0 Å². The molecule has 1 aliphatic rings. The molecule has 0 saturated heterocycles. The number of nitrogens with zero attached hydrogens (tertiary/aromatic N) is 2. The van der Waals surface area contributed by atoms with Crippen molar-refractivity contribution in [3.05, 3.63) is 52.5 Å². The average molecular weight is 610 g/mol. The maximum atomic E-state index is 12.7. The third-order valence-electron chi connectivity index (χ3n) is 6.51. The summed E-state index contributed by atoms with van der Waals surface area (Å²) >= 11 is 11.9. The van der Waals surface area contributed by atoms with E-state index in [1.807, 2.05) is 24.3 Å². The number of nitrogens with one attached hydrogen (secondary N) is 4. The number of ether oxygens (including phenoxy) is 1. The summed E-state index contributed by atoms with van der Waals surface area (Å²) in [5.74, 6) is 1.54. The monoisotopic (exact) mass is 608 g/mol. The zero-order valence-electron chi connectivity index (χ0n) is 22.6. The molecule has 4 N–H and O–H groups in total. The zero-order chi connectivity index (χ0) is 28.9. The molecule has 1 heterocycles. The topological polar surface area (TPSA) is 134 Å². The number of anilines is 2. The Morgan fingerprint density at radius 2 is 1.60 bits per heavy atom. The van der Waals surface area contributed by atoms with E-state index in [4.69, 9.17) is 27.9 Å². The Hall–Kier alpha value is -2.86. The first kappa shape index (κ1) is 30.1. The molecule has 1 aliphatic carbocycles. The minimum atomic E-state index is -3.69. The van der Waals surface area contributed by atoms with E-state index < -0.39 is 21.7 Å². The van der Waals surface area contributed by atoms with Crippen LogP contribution in [0.3, 0.4) is 0 Å². The molecule has 0 aliphatic heterocycles. The van der Waals surface area contributed by atoms with Gasteiger partial charge in [0.05, 0.1) is 10.4 Å². The SMILES string of the molecule is CC(C)(C)OC(=O)NNc1nc(NC[C@H]2CC[C@H](CNS(=O)(=O)c3cc(Cl)cc(Cl)c3)CC2)nc2ccccc12. The first-order valence-electron chi connectivity index (χ1n) is 13.1. The second-order valence-electron chi connectivity index (χ2n) is 10.9. The first-order chi connectivity index (χ1) is 18.9. The number of fused-ring (bicyclic) bond motifs is 1. The van der Waals surface area contributed by atoms with E-state index >= 15 is 0 Å². The van der Waals surface area contributed by atoms with Crippen LogP contribution in [0.1, 0.15) is 46.5 Å². The predicted molar refractivity (Wildman–Crippen MR) is 158 cm³/mol. The molecule has 0 spiro atoms. The molecule has 3 aromatic rings. The molecule has 0 bridgehead atoms. The van der Waals surface area contributed by atoms with Crippen molar-refractivity contribution >= 4 is 62.0 Å². The van der Waals surface area contributed by atoms with Crippen LogP contribution in [-0.2, 0) is 14.8 Å². The number of benzene rings is 2. The van der Waals surface area contributed by atoms with Crippen LogP contribution in [0.4, 0.5) is 16.6 Å². The van der Waals surface area contributed by atoms with E-state index in [0.29, 0.717) is 30.8 Å². The lowest BCUT2D eigenvalue weighted by Crippen LogP contribution is -2.36. The number of hydrogen-bond donors (Lipinski definition) is 4. The highest BCUT2D eigenvalue weighted by Gasteiger charge is 2.24. The molecule has 1 fully saturated rings. The van der Waals surface area contributed by atoms with Gasteiger partial charge in [0.15, 0.2) is 5.82 Å². The molecule has 1 aromatic heterocycles. The van der Waals surface area contributed by atoms with Crippen LogP contribution in [0.25, 0.3) is 10.9 Å². The van der Waals surface area contributed by atoms with Gasteiger partial charge in [-0.05, 0) is 88.6 Å². The molecule has 1 saturated carbocycles. The maximum Gasteiger partial charge on any atom is 0.426 e. The van der Waals surface area contributed by atoms with Crippen molar-refractivity contribution in [3.8, 4) is 0 Å². The quantitative estimate of drug-likeness (QED) is 0.218. The molecule has 1 amide bonds. The number of hydrogen-bond acceptors (Lipinski definition) is 8. The van der Waals surface area contributed by atoms with Crippen LogP contribution in [0.15, 0.2) is 47.4 Å². The lowest BCUT2D eigenvalue weighted by molar-refractivity contribution is 0.0541. The number of amides is 1. The Morgan fingerprint density at radius 1 is 0.975 bits per heavy atom. The van der Waals surface area contributed by atoms with Crippen molar-refractivity contribution in [2.24, 2.45) is 11.8 Å². The zero-order valence-corrected chi connectivity index (χ0v) is 25.0. The van der Waals surface area contributed by atoms with Crippen LogP contribution in [-0.4, -0.2) is 43.2 Å². The van der Waals surface area contributed by atoms with Crippen LogP contribution in [0, 0.1) is 11.8 Å². The fraction of sp³-hybridized carbons (Fsp3) is 0.444. The third kappa shape index (κ3) is 8.57. The van der Waals surface area contributed by atoms with Crippen molar-refractivity contribution in [3.63, 3.8) is 0 Å². The van der Waals surface area contributed by atoms with Crippen molar-refractivity contribution in [2.75, 3.05) is 23.8 Å². The van der Waals surface area contributed by atoms with Gasteiger partial charge in [-0.25, -0.2) is 28.3 Å². The van der Waals surface area contributed by atoms with Crippen LogP contribution in [0.5, 0.6) is 0 Å². The number of halogens is 2. The van der Waals surface area contributed by atoms with Crippen molar-refractivity contribution in [1.82, 2.24) is 20.1 Å². The number of sulfonamides is 1. The summed E-state index contributed by atoms with van der Waals surface area (Å²) in [6.07, 6.45) is 3.08. The lowest BCUT2D eigenvalue weighted by Gasteiger charge is -2.28. The molecular weight excluding hydrogens is 575 g/mol. The highest BCUT2D eigenvalue weighted by atomic mass is 35.5. The van der Waals surface area contributed by atoms with E-state index in [0.717, 1.165) is 36.6 Å². The number of carbonyl (C=O) groups excluding carboxylic acids is 1. The van der Waals surface area contributed by atoms with E-state index in [2.05, 4.69) is 30.9 Å². The first-order valence-corrected chi connectivity index (χ1v) is 15.3. The third-order valence-corrected chi connectivity index (χ3v) is 8.35. The van der Waals surface area contributed by atoms with Gasteiger partial charge in [0.25, 0.3) is 0 Å². The normalized spacial score (nSPS) is 17.8. The molecule has 10 nitrogen and oxygen atoms in total. The van der Waals surface area contributed by atoms with Gasteiger partial charge in [0.2, 0.25) is 16.0 Å². The van der Waals surface area contributed by atoms with Crippen molar-refractivity contribution in [1.29, 1.82) is 0 Å². The van der Waals surface area contributed by atoms with E-state index in [1.54, 1.807) is 20.8 Å². The van der Waals surface area contributed by atoms with Crippen LogP contribution < -0.4 is 20.9 Å². The van der Waals surface area contributed by atoms with Gasteiger partial charge in [-0.2, -0.15) is 4.98 Å². The summed E-state index contributed by atoms with van der Waals surface area (Å²) in [7, 11) is -3.69. The minimum Gasteiger partial charge on any atom is -0.443 e. The average Bonchev–Trinajstić information content (AvgIpc) is 2.88. The Balaban J connectivity index is 1.29. The van der Waals surface area contributed by atoms with Crippen LogP contribution >= 0.6 is 23.2 Å². The largest absolute Gasteiger partial charge is 0.443 e. The Morgan fingerprint density at radius 3 is 2.25 bits per heavy atom. The van der Waals surface area contributed by atoms with Gasteiger partial charge < -0.3 is 10.1 Å². The van der Waals surface area contributed by atoms with Gasteiger partial charge in [0.1, 0.15) is 5.60 Å². The standard InChI is InChI=1S/C27H34Cl2N6O4S/c1-27(2,3)39-26(36)35-34-24-22-6-4-5-7-23(22)32-25(33-24)30-15-17-8-10-18(11-9-17)16-31-40(37,38)21-13-19(28)12-20(29)14-21/h4-7,12-14,17-18,31H,8-11,15-16H2,1-3H3,(H,35,36)(H2,30,32,33,34)/t17-,18-. The summed E-state index contributed by atoms with van der Waals surface area (Å²) in [6, 6.07) is 11.8. The summed E-state index contributed by atoms with van der Waals surface area (Å²) in [6.45, 7) is 6.41. The van der Waals surface area contributed by atoms with Gasteiger partial charge in [-0.15, -0.1) is 0 Å². The second kappa shape index (κ2) is 12.8. The molecule has 0 atom stereocenters. The minimum absolute atomic E-state index is 0.0634. The number of para-hydroxylation sites is 1. The molecule has 40 heavy (non-hydrogen) atoms. The number of aromatic nitrogens is 2. The predicted octanol–water partition coefficient (Wildman–Crippen LogP) is 5.99. The van der Waals surface area contributed by atoms with Gasteiger partial charge >= 0.3 is 6.09 Å². The van der Waals surface area contributed by atoms with Gasteiger partial charge in [-0.1, -0.05) is 35.3 Å². The molecule has 0 unspecified atom stereocenters. The Kier molecular flexibility index (Phi) is 9.60.